The topological polar surface area (TPSA) is 94.1 Å². The molecule has 1 heterocycles. The van der Waals surface area contributed by atoms with Crippen molar-refractivity contribution in [1.29, 1.82) is 0 Å². The highest BCUT2D eigenvalue weighted by Crippen LogP contribution is 2.27. The van der Waals surface area contributed by atoms with Crippen LogP contribution in [0.4, 0.5) is 11.5 Å². The van der Waals surface area contributed by atoms with Crippen molar-refractivity contribution in [3.63, 3.8) is 0 Å². The fourth-order valence-electron chi connectivity index (χ4n) is 1.99. The molecule has 1 aromatic carbocycles. The SMILES string of the molecule is CCc1cc2cc([N+](=O)[O-])cc(C)c2nc1NN. The Morgan fingerprint density at radius 1 is 1.44 bits per heavy atom. The minimum atomic E-state index is -0.396. The van der Waals surface area contributed by atoms with Crippen LogP contribution >= 0.6 is 0 Å². The maximum Gasteiger partial charge on any atom is 0.270 e. The molecule has 6 heteroatoms. The molecule has 1 aromatic heterocycles. The highest BCUT2D eigenvalue weighted by Gasteiger charge is 2.12. The monoisotopic (exact) mass is 246 g/mol. The normalized spacial score (nSPS) is 10.6. The van der Waals surface area contributed by atoms with E-state index >= 15 is 0 Å². The van der Waals surface area contributed by atoms with Crippen LogP contribution < -0.4 is 11.3 Å². The molecule has 0 fully saturated rings. The van der Waals surface area contributed by atoms with Crippen molar-refractivity contribution in [2.24, 2.45) is 5.84 Å². The fourth-order valence-corrected chi connectivity index (χ4v) is 1.99. The zero-order chi connectivity index (χ0) is 13.3. The predicted molar refractivity (Wildman–Crippen MR) is 70.3 cm³/mol. The van der Waals surface area contributed by atoms with Crippen LogP contribution in [0.1, 0.15) is 18.1 Å². The number of nitrogens with two attached hydrogens (primary N) is 1. The third-order valence-corrected chi connectivity index (χ3v) is 2.90. The summed E-state index contributed by atoms with van der Waals surface area (Å²) in [5.74, 6) is 6.04. The van der Waals surface area contributed by atoms with Gasteiger partial charge in [-0.15, -0.1) is 0 Å². The Kier molecular flexibility index (Phi) is 3.12. The first-order chi connectivity index (χ1) is 8.56. The van der Waals surface area contributed by atoms with Gasteiger partial charge in [0.15, 0.2) is 0 Å². The van der Waals surface area contributed by atoms with Crippen LogP contribution in [-0.4, -0.2) is 9.91 Å². The Balaban J connectivity index is 2.76. The summed E-state index contributed by atoms with van der Waals surface area (Å²) in [6.45, 7) is 3.78. The first kappa shape index (κ1) is 12.3. The van der Waals surface area contributed by atoms with Gasteiger partial charge in [0.2, 0.25) is 0 Å². The number of pyridine rings is 1. The number of hydrazine groups is 1. The minimum Gasteiger partial charge on any atom is -0.308 e. The van der Waals surface area contributed by atoms with Gasteiger partial charge in [-0.25, -0.2) is 10.8 Å². The number of nitro groups is 1. The second-order valence-electron chi connectivity index (χ2n) is 4.09. The van der Waals surface area contributed by atoms with Crippen LogP contribution in [0.2, 0.25) is 0 Å². The number of fused-ring (bicyclic) bond motifs is 1. The maximum atomic E-state index is 10.8. The number of hydrogen-bond donors (Lipinski definition) is 2. The summed E-state index contributed by atoms with van der Waals surface area (Å²) in [6.07, 6.45) is 0.754. The first-order valence-electron chi connectivity index (χ1n) is 5.62. The summed E-state index contributed by atoms with van der Waals surface area (Å²) in [5.41, 5.74) is 5.06. The molecule has 0 bridgehead atoms. The molecule has 0 radical (unpaired) electrons. The third kappa shape index (κ3) is 1.98. The second-order valence-corrected chi connectivity index (χ2v) is 4.09. The highest BCUT2D eigenvalue weighted by atomic mass is 16.6. The molecule has 3 N–H and O–H groups in total. The van der Waals surface area contributed by atoms with E-state index in [0.717, 1.165) is 28.5 Å². The zero-order valence-electron chi connectivity index (χ0n) is 10.2. The van der Waals surface area contributed by atoms with Crippen LogP contribution in [0.15, 0.2) is 18.2 Å². The van der Waals surface area contributed by atoms with E-state index in [2.05, 4.69) is 10.4 Å². The van der Waals surface area contributed by atoms with Gasteiger partial charge in [0.05, 0.1) is 10.4 Å². The summed E-state index contributed by atoms with van der Waals surface area (Å²) < 4.78 is 0. The summed E-state index contributed by atoms with van der Waals surface area (Å²) in [5, 5.41) is 11.6. The van der Waals surface area contributed by atoms with Gasteiger partial charge >= 0.3 is 0 Å². The molecule has 0 aliphatic rings. The standard InChI is InChI=1S/C12H14N4O2/c1-3-8-5-9-6-10(16(17)18)4-7(2)11(9)14-12(8)15-13/h4-6H,3,13H2,1-2H3,(H,14,15). The van der Waals surface area contributed by atoms with Gasteiger partial charge in [-0.05, 0) is 30.5 Å². The Morgan fingerprint density at radius 2 is 2.17 bits per heavy atom. The zero-order valence-corrected chi connectivity index (χ0v) is 10.2. The number of nitrogens with zero attached hydrogens (tertiary/aromatic N) is 2. The quantitative estimate of drug-likeness (QED) is 0.492. The van der Waals surface area contributed by atoms with Crippen molar-refractivity contribution in [3.05, 3.63) is 39.4 Å². The van der Waals surface area contributed by atoms with Crippen molar-refractivity contribution in [2.75, 3.05) is 5.43 Å². The molecule has 0 aliphatic carbocycles. The number of aryl methyl sites for hydroxylation is 2. The van der Waals surface area contributed by atoms with Gasteiger partial charge < -0.3 is 5.43 Å². The lowest BCUT2D eigenvalue weighted by atomic mass is 10.1. The van der Waals surface area contributed by atoms with Crippen LogP contribution in [0, 0.1) is 17.0 Å². The van der Waals surface area contributed by atoms with Crippen molar-refractivity contribution < 1.29 is 4.92 Å². The third-order valence-electron chi connectivity index (χ3n) is 2.90. The molecule has 94 valence electrons. The number of hydrogen-bond acceptors (Lipinski definition) is 5. The molecule has 2 aromatic rings. The average molecular weight is 246 g/mol. The van der Waals surface area contributed by atoms with E-state index < -0.39 is 4.92 Å². The molecular formula is C12H14N4O2. The Morgan fingerprint density at radius 3 is 2.72 bits per heavy atom. The molecule has 0 aliphatic heterocycles. The summed E-state index contributed by atoms with van der Waals surface area (Å²) in [6, 6.07) is 4.94. The van der Waals surface area contributed by atoms with Crippen molar-refractivity contribution in [1.82, 2.24) is 4.98 Å². The summed E-state index contributed by atoms with van der Waals surface area (Å²) in [4.78, 5) is 14.8. The van der Waals surface area contributed by atoms with E-state index in [1.54, 1.807) is 6.92 Å². The lowest BCUT2D eigenvalue weighted by Crippen LogP contribution is -2.11. The number of nitrogens with one attached hydrogen (secondary N) is 1. The predicted octanol–water partition coefficient (Wildman–Crippen LogP) is 2.30. The number of nitrogen functional groups attached to an aromatic ring is 1. The molecule has 0 amide bonds. The van der Waals surface area contributed by atoms with E-state index in [4.69, 9.17) is 5.84 Å². The summed E-state index contributed by atoms with van der Waals surface area (Å²) >= 11 is 0. The van der Waals surface area contributed by atoms with E-state index in [-0.39, 0.29) is 5.69 Å². The highest BCUT2D eigenvalue weighted by molar-refractivity contribution is 5.86. The van der Waals surface area contributed by atoms with Crippen LogP contribution in [0.3, 0.4) is 0 Å². The van der Waals surface area contributed by atoms with Gasteiger partial charge in [0.1, 0.15) is 5.82 Å². The van der Waals surface area contributed by atoms with E-state index in [9.17, 15) is 10.1 Å². The molecule has 0 atom stereocenters. The van der Waals surface area contributed by atoms with E-state index in [1.807, 2.05) is 13.0 Å². The Labute approximate surface area is 104 Å². The van der Waals surface area contributed by atoms with E-state index in [1.165, 1.54) is 12.1 Å². The van der Waals surface area contributed by atoms with Gasteiger partial charge in [-0.2, -0.15) is 0 Å². The molecular weight excluding hydrogens is 232 g/mol. The molecule has 18 heavy (non-hydrogen) atoms. The molecule has 6 nitrogen and oxygen atoms in total. The van der Waals surface area contributed by atoms with Crippen LogP contribution in [-0.2, 0) is 6.42 Å². The first-order valence-corrected chi connectivity index (χ1v) is 5.62. The molecule has 0 saturated heterocycles. The van der Waals surface area contributed by atoms with Gasteiger partial charge in [0.25, 0.3) is 5.69 Å². The van der Waals surface area contributed by atoms with Gasteiger partial charge in [0, 0.05) is 17.5 Å². The van der Waals surface area contributed by atoms with E-state index in [0.29, 0.717) is 5.82 Å². The fraction of sp³-hybridized carbons (Fsp3) is 0.250. The molecule has 0 spiro atoms. The minimum absolute atomic E-state index is 0.0808. The number of anilines is 1. The van der Waals surface area contributed by atoms with Gasteiger partial charge in [-0.1, -0.05) is 6.92 Å². The maximum absolute atomic E-state index is 10.8. The molecule has 2 rings (SSSR count). The van der Waals surface area contributed by atoms with Gasteiger partial charge in [-0.3, -0.25) is 10.1 Å². The molecule has 0 unspecified atom stereocenters. The van der Waals surface area contributed by atoms with Crippen molar-refractivity contribution in [3.8, 4) is 0 Å². The summed E-state index contributed by atoms with van der Waals surface area (Å²) in [7, 11) is 0. The number of aromatic nitrogens is 1. The Hall–Kier alpha value is -2.21. The number of rotatable bonds is 3. The lowest BCUT2D eigenvalue weighted by Gasteiger charge is -2.09. The van der Waals surface area contributed by atoms with Crippen molar-refractivity contribution >= 4 is 22.4 Å². The Bertz CT molecular complexity index is 625. The van der Waals surface area contributed by atoms with Crippen LogP contribution in [0.25, 0.3) is 10.9 Å². The number of benzene rings is 1. The van der Waals surface area contributed by atoms with Crippen molar-refractivity contribution in [2.45, 2.75) is 20.3 Å². The molecule has 0 saturated carbocycles. The smallest absolute Gasteiger partial charge is 0.270 e. The average Bonchev–Trinajstić information content (AvgIpc) is 2.36. The lowest BCUT2D eigenvalue weighted by molar-refractivity contribution is -0.384. The largest absolute Gasteiger partial charge is 0.308 e. The van der Waals surface area contributed by atoms with Crippen LogP contribution in [0.5, 0.6) is 0 Å². The number of nitro benzene ring substituents is 1. The number of non-ortho nitro benzene ring substituents is 1. The second kappa shape index (κ2) is 4.58.